The van der Waals surface area contributed by atoms with E-state index in [9.17, 15) is 0 Å². The summed E-state index contributed by atoms with van der Waals surface area (Å²) in [4.78, 5) is 7.25. The maximum Gasteiger partial charge on any atom is 0.0705 e. The van der Waals surface area contributed by atoms with Crippen LogP contribution < -0.4 is 5.73 Å². The summed E-state index contributed by atoms with van der Waals surface area (Å²) >= 11 is 0. The lowest BCUT2D eigenvalue weighted by atomic mass is 9.80. The Labute approximate surface area is 120 Å². The van der Waals surface area contributed by atoms with E-state index in [1.165, 1.54) is 23.9 Å². The zero-order chi connectivity index (χ0) is 14.0. The van der Waals surface area contributed by atoms with Crippen LogP contribution in [0.25, 0.3) is 10.9 Å². The van der Waals surface area contributed by atoms with Crippen LogP contribution in [0.15, 0.2) is 36.4 Å². The molecule has 3 nitrogen and oxygen atoms in total. The van der Waals surface area contributed by atoms with Gasteiger partial charge in [0.2, 0.25) is 0 Å². The molecule has 0 aliphatic carbocycles. The third-order valence-electron chi connectivity index (χ3n) is 4.60. The largest absolute Gasteiger partial charge is 0.330 e. The second-order valence-corrected chi connectivity index (χ2v) is 6.29. The molecule has 0 amide bonds. The van der Waals surface area contributed by atoms with Gasteiger partial charge in [0, 0.05) is 11.9 Å². The van der Waals surface area contributed by atoms with Crippen molar-refractivity contribution in [2.24, 2.45) is 11.1 Å². The lowest BCUT2D eigenvalue weighted by molar-refractivity contribution is 0.118. The summed E-state index contributed by atoms with van der Waals surface area (Å²) in [6.07, 6.45) is 2.38. The Balaban J connectivity index is 1.68. The molecule has 0 atom stereocenters. The van der Waals surface area contributed by atoms with Crippen molar-refractivity contribution in [3.05, 3.63) is 42.1 Å². The molecule has 0 spiro atoms. The Kier molecular flexibility index (Phi) is 3.72. The summed E-state index contributed by atoms with van der Waals surface area (Å²) in [7, 11) is 0. The van der Waals surface area contributed by atoms with Crippen molar-refractivity contribution in [3.8, 4) is 0 Å². The first-order valence-electron chi connectivity index (χ1n) is 7.46. The molecule has 1 saturated heterocycles. The van der Waals surface area contributed by atoms with Gasteiger partial charge in [-0.2, -0.15) is 0 Å². The van der Waals surface area contributed by atoms with E-state index in [-0.39, 0.29) is 0 Å². The van der Waals surface area contributed by atoms with Gasteiger partial charge in [-0.05, 0) is 50.0 Å². The van der Waals surface area contributed by atoms with Crippen LogP contribution in [0, 0.1) is 5.41 Å². The molecule has 0 bridgehead atoms. The Bertz CT molecular complexity index is 586. The molecule has 0 radical (unpaired) electrons. The zero-order valence-electron chi connectivity index (χ0n) is 12.2. The Morgan fingerprint density at radius 2 is 1.90 bits per heavy atom. The van der Waals surface area contributed by atoms with E-state index in [2.05, 4.69) is 42.2 Å². The summed E-state index contributed by atoms with van der Waals surface area (Å²) in [5.41, 5.74) is 8.47. The Morgan fingerprint density at radius 1 is 1.15 bits per heavy atom. The Hall–Kier alpha value is -1.45. The van der Waals surface area contributed by atoms with Crippen molar-refractivity contribution < 1.29 is 0 Å². The van der Waals surface area contributed by atoms with E-state index >= 15 is 0 Å². The quantitative estimate of drug-likeness (QED) is 0.931. The van der Waals surface area contributed by atoms with Crippen LogP contribution in [0.1, 0.15) is 25.5 Å². The van der Waals surface area contributed by atoms with Gasteiger partial charge in [-0.3, -0.25) is 9.88 Å². The van der Waals surface area contributed by atoms with Crippen LogP contribution in [-0.4, -0.2) is 29.5 Å². The number of hydrogen-bond acceptors (Lipinski definition) is 3. The number of pyridine rings is 1. The fourth-order valence-electron chi connectivity index (χ4n) is 2.88. The highest BCUT2D eigenvalue weighted by Gasteiger charge is 2.28. The van der Waals surface area contributed by atoms with Gasteiger partial charge in [-0.25, -0.2) is 0 Å². The van der Waals surface area contributed by atoms with Gasteiger partial charge in [-0.1, -0.05) is 31.2 Å². The molecule has 1 aromatic carbocycles. The molecule has 0 unspecified atom stereocenters. The van der Waals surface area contributed by atoms with Crippen LogP contribution in [0.4, 0.5) is 0 Å². The van der Waals surface area contributed by atoms with Crippen LogP contribution in [0.2, 0.25) is 0 Å². The lowest BCUT2D eigenvalue weighted by Gasteiger charge is -2.38. The third-order valence-corrected chi connectivity index (χ3v) is 4.60. The fourth-order valence-corrected chi connectivity index (χ4v) is 2.88. The van der Waals surface area contributed by atoms with Gasteiger partial charge >= 0.3 is 0 Å². The van der Waals surface area contributed by atoms with Crippen molar-refractivity contribution >= 4 is 10.9 Å². The normalized spacial score (nSPS) is 19.3. The molecule has 1 aromatic heterocycles. The molecule has 2 N–H and O–H groups in total. The molecule has 106 valence electrons. The second-order valence-electron chi connectivity index (χ2n) is 6.29. The maximum atomic E-state index is 5.87. The maximum absolute atomic E-state index is 5.87. The molecule has 1 aliphatic rings. The minimum atomic E-state index is 0.341. The van der Waals surface area contributed by atoms with E-state index in [0.29, 0.717) is 5.41 Å². The van der Waals surface area contributed by atoms with Crippen molar-refractivity contribution in [3.63, 3.8) is 0 Å². The number of para-hydroxylation sites is 1. The molecular weight excluding hydrogens is 246 g/mol. The minimum Gasteiger partial charge on any atom is -0.330 e. The van der Waals surface area contributed by atoms with E-state index in [1.54, 1.807) is 0 Å². The van der Waals surface area contributed by atoms with Crippen molar-refractivity contribution in [1.82, 2.24) is 9.88 Å². The summed E-state index contributed by atoms with van der Waals surface area (Å²) in [5.74, 6) is 0. The molecule has 2 aromatic rings. The average molecular weight is 269 g/mol. The van der Waals surface area contributed by atoms with Gasteiger partial charge in [0.1, 0.15) is 0 Å². The van der Waals surface area contributed by atoms with E-state index in [1.807, 2.05) is 6.07 Å². The standard InChI is InChI=1S/C17H23N3/c1-17(13-18)8-10-20(11-9-17)12-15-7-6-14-4-2-3-5-16(14)19-15/h2-7H,8-13,18H2,1H3. The number of benzene rings is 1. The molecule has 1 aliphatic heterocycles. The van der Waals surface area contributed by atoms with Gasteiger partial charge in [0.25, 0.3) is 0 Å². The molecule has 2 heterocycles. The molecule has 1 fully saturated rings. The highest BCUT2D eigenvalue weighted by molar-refractivity contribution is 5.78. The van der Waals surface area contributed by atoms with Gasteiger partial charge in [-0.15, -0.1) is 0 Å². The SMILES string of the molecule is CC1(CN)CCN(Cc2ccc3ccccc3n2)CC1. The number of nitrogens with zero attached hydrogens (tertiary/aromatic N) is 2. The highest BCUT2D eigenvalue weighted by Crippen LogP contribution is 2.29. The van der Waals surface area contributed by atoms with Crippen molar-refractivity contribution in [1.29, 1.82) is 0 Å². The van der Waals surface area contributed by atoms with Crippen molar-refractivity contribution in [2.75, 3.05) is 19.6 Å². The summed E-state index contributed by atoms with van der Waals surface area (Å²) in [5, 5.41) is 1.21. The van der Waals surface area contributed by atoms with Crippen molar-refractivity contribution in [2.45, 2.75) is 26.3 Å². The monoisotopic (exact) mass is 269 g/mol. The molecule has 20 heavy (non-hydrogen) atoms. The van der Waals surface area contributed by atoms with Crippen LogP contribution in [0.3, 0.4) is 0 Å². The number of fused-ring (bicyclic) bond motifs is 1. The van der Waals surface area contributed by atoms with Crippen LogP contribution >= 0.6 is 0 Å². The minimum absolute atomic E-state index is 0.341. The molecule has 3 heteroatoms. The fraction of sp³-hybridized carbons (Fsp3) is 0.471. The average Bonchev–Trinajstić information content (AvgIpc) is 2.50. The van der Waals surface area contributed by atoms with E-state index < -0.39 is 0 Å². The van der Waals surface area contributed by atoms with Gasteiger partial charge in [0.05, 0.1) is 11.2 Å². The molecule has 3 rings (SSSR count). The van der Waals surface area contributed by atoms with Gasteiger partial charge < -0.3 is 5.73 Å². The highest BCUT2D eigenvalue weighted by atomic mass is 15.1. The lowest BCUT2D eigenvalue weighted by Crippen LogP contribution is -2.41. The van der Waals surface area contributed by atoms with E-state index in [4.69, 9.17) is 10.7 Å². The predicted octanol–water partition coefficient (Wildman–Crippen LogP) is 2.80. The number of piperidine rings is 1. The van der Waals surface area contributed by atoms with Crippen LogP contribution in [0.5, 0.6) is 0 Å². The zero-order valence-corrected chi connectivity index (χ0v) is 12.2. The smallest absolute Gasteiger partial charge is 0.0705 e. The topological polar surface area (TPSA) is 42.1 Å². The number of nitrogens with two attached hydrogens (primary N) is 1. The molecular formula is C17H23N3. The van der Waals surface area contributed by atoms with Crippen LogP contribution in [-0.2, 0) is 6.54 Å². The summed E-state index contributed by atoms with van der Waals surface area (Å²) in [6, 6.07) is 12.6. The van der Waals surface area contributed by atoms with Gasteiger partial charge in [0.15, 0.2) is 0 Å². The summed E-state index contributed by atoms with van der Waals surface area (Å²) < 4.78 is 0. The number of rotatable bonds is 3. The van der Waals surface area contributed by atoms with E-state index in [0.717, 1.165) is 31.7 Å². The Morgan fingerprint density at radius 3 is 2.65 bits per heavy atom. The predicted molar refractivity (Wildman–Crippen MR) is 83.4 cm³/mol. The first kappa shape index (κ1) is 13.5. The second kappa shape index (κ2) is 5.51. The molecule has 0 saturated carbocycles. The number of hydrogen-bond donors (Lipinski definition) is 1. The number of likely N-dealkylation sites (tertiary alicyclic amines) is 1. The number of aromatic nitrogens is 1. The first-order valence-corrected chi connectivity index (χ1v) is 7.46. The summed E-state index contributed by atoms with van der Waals surface area (Å²) in [6.45, 7) is 6.31. The third kappa shape index (κ3) is 2.84. The first-order chi connectivity index (χ1) is 9.68.